The Kier molecular flexibility index (Phi) is 4.97. The summed E-state index contributed by atoms with van der Waals surface area (Å²) in [6, 6.07) is 9.10. The van der Waals surface area contributed by atoms with Crippen molar-refractivity contribution in [1.29, 1.82) is 0 Å². The molecule has 0 saturated carbocycles. The van der Waals surface area contributed by atoms with Crippen molar-refractivity contribution in [2.45, 2.75) is 63.6 Å². The summed E-state index contributed by atoms with van der Waals surface area (Å²) in [5.41, 5.74) is 1.30. The lowest BCUT2D eigenvalue weighted by Gasteiger charge is -2.26. The van der Waals surface area contributed by atoms with E-state index >= 15 is 0 Å². The fraction of sp³-hybridized carbons (Fsp3) is 0.650. The molecule has 132 valence electrons. The minimum Gasteiger partial charge on any atom is -0.390 e. The SMILES string of the molecule is CN1[C@H]2CC[C@@H]1CN(C(=O)c1ccc(CCC(C)(C)O)cc1)CC2. The van der Waals surface area contributed by atoms with Gasteiger partial charge in [0, 0.05) is 30.7 Å². The van der Waals surface area contributed by atoms with Gasteiger partial charge in [-0.1, -0.05) is 12.1 Å². The van der Waals surface area contributed by atoms with E-state index in [1.165, 1.54) is 18.4 Å². The molecule has 1 amide bonds. The molecular formula is C20H30N2O2. The number of likely N-dealkylation sites (N-methyl/N-ethyl adjacent to an activating group) is 1. The van der Waals surface area contributed by atoms with Crippen molar-refractivity contribution in [3.63, 3.8) is 0 Å². The number of hydrogen-bond acceptors (Lipinski definition) is 3. The summed E-state index contributed by atoms with van der Waals surface area (Å²) in [7, 11) is 2.20. The average Bonchev–Trinajstić information content (AvgIpc) is 2.77. The Hall–Kier alpha value is -1.39. The Morgan fingerprint density at radius 1 is 1.17 bits per heavy atom. The predicted molar refractivity (Wildman–Crippen MR) is 96.2 cm³/mol. The van der Waals surface area contributed by atoms with Crippen molar-refractivity contribution >= 4 is 5.91 Å². The van der Waals surface area contributed by atoms with Crippen LogP contribution >= 0.6 is 0 Å². The molecule has 2 aliphatic rings. The van der Waals surface area contributed by atoms with E-state index in [1.54, 1.807) is 0 Å². The Morgan fingerprint density at radius 2 is 1.83 bits per heavy atom. The molecule has 1 aromatic carbocycles. The summed E-state index contributed by atoms with van der Waals surface area (Å²) in [4.78, 5) is 17.3. The van der Waals surface area contributed by atoms with E-state index in [-0.39, 0.29) is 5.91 Å². The first-order chi connectivity index (χ1) is 11.3. The molecule has 2 bridgehead atoms. The van der Waals surface area contributed by atoms with Crippen molar-refractivity contribution in [3.8, 4) is 0 Å². The first-order valence-electron chi connectivity index (χ1n) is 9.16. The topological polar surface area (TPSA) is 43.8 Å². The summed E-state index contributed by atoms with van der Waals surface area (Å²) >= 11 is 0. The second-order valence-corrected chi connectivity index (χ2v) is 8.10. The standard InChI is InChI=1S/C20H30N2O2/c1-20(2,24)12-10-15-4-6-16(7-5-15)19(23)22-13-11-17-8-9-18(14-22)21(17)3/h4-7,17-18,24H,8-14H2,1-3H3/t17-,18+/m0/s1. The second kappa shape index (κ2) is 6.85. The van der Waals surface area contributed by atoms with Gasteiger partial charge in [-0.05, 0) is 70.7 Å². The van der Waals surface area contributed by atoms with E-state index in [9.17, 15) is 9.90 Å². The number of aryl methyl sites for hydroxylation is 1. The molecule has 1 N–H and O–H groups in total. The van der Waals surface area contributed by atoms with Gasteiger partial charge in [0.1, 0.15) is 0 Å². The van der Waals surface area contributed by atoms with Crippen LogP contribution in [0.25, 0.3) is 0 Å². The quantitative estimate of drug-likeness (QED) is 0.923. The van der Waals surface area contributed by atoms with Crippen LogP contribution in [-0.2, 0) is 6.42 Å². The first-order valence-corrected chi connectivity index (χ1v) is 9.16. The van der Waals surface area contributed by atoms with Crippen molar-refractivity contribution in [3.05, 3.63) is 35.4 Å². The first kappa shape index (κ1) is 17.4. The van der Waals surface area contributed by atoms with E-state index < -0.39 is 5.60 Å². The lowest BCUT2D eigenvalue weighted by Crippen LogP contribution is -2.39. The van der Waals surface area contributed by atoms with Crippen molar-refractivity contribution in [1.82, 2.24) is 9.80 Å². The molecule has 2 heterocycles. The zero-order valence-corrected chi connectivity index (χ0v) is 15.2. The number of aliphatic hydroxyl groups is 1. The maximum absolute atomic E-state index is 12.8. The molecule has 0 spiro atoms. The van der Waals surface area contributed by atoms with E-state index in [0.29, 0.717) is 12.1 Å². The maximum atomic E-state index is 12.8. The van der Waals surface area contributed by atoms with Gasteiger partial charge < -0.3 is 10.0 Å². The van der Waals surface area contributed by atoms with Crippen molar-refractivity contribution in [2.75, 3.05) is 20.1 Å². The number of hydrogen-bond donors (Lipinski definition) is 1. The molecule has 2 fully saturated rings. The zero-order chi connectivity index (χ0) is 17.3. The number of nitrogens with zero attached hydrogens (tertiary/aromatic N) is 2. The second-order valence-electron chi connectivity index (χ2n) is 8.10. The Bertz CT molecular complexity index is 576. The summed E-state index contributed by atoms with van der Waals surface area (Å²) in [6.45, 7) is 5.38. The van der Waals surface area contributed by atoms with E-state index in [1.807, 2.05) is 43.0 Å². The van der Waals surface area contributed by atoms with E-state index in [4.69, 9.17) is 0 Å². The van der Waals surface area contributed by atoms with Gasteiger partial charge in [0.2, 0.25) is 0 Å². The minimum absolute atomic E-state index is 0.157. The summed E-state index contributed by atoms with van der Waals surface area (Å²) in [5, 5.41) is 9.83. The third kappa shape index (κ3) is 3.98. The Morgan fingerprint density at radius 3 is 2.50 bits per heavy atom. The molecule has 1 aromatic rings. The number of carbonyl (C=O) groups excluding carboxylic acids is 1. The molecule has 4 nitrogen and oxygen atoms in total. The molecule has 2 atom stereocenters. The number of amides is 1. The highest BCUT2D eigenvalue weighted by Gasteiger charge is 2.36. The highest BCUT2D eigenvalue weighted by molar-refractivity contribution is 5.94. The molecule has 24 heavy (non-hydrogen) atoms. The minimum atomic E-state index is -0.647. The van der Waals surface area contributed by atoms with Gasteiger partial charge in [0.05, 0.1) is 5.60 Å². The molecule has 4 heteroatoms. The molecule has 0 unspecified atom stereocenters. The molecule has 0 aromatic heterocycles. The average molecular weight is 330 g/mol. The van der Waals surface area contributed by atoms with Crippen LogP contribution in [0.15, 0.2) is 24.3 Å². The van der Waals surface area contributed by atoms with Crippen LogP contribution < -0.4 is 0 Å². The Labute approximate surface area is 145 Å². The van der Waals surface area contributed by atoms with Gasteiger partial charge in [0.25, 0.3) is 5.91 Å². The molecule has 2 aliphatic heterocycles. The molecule has 3 rings (SSSR count). The van der Waals surface area contributed by atoms with Crippen LogP contribution in [0.1, 0.15) is 55.5 Å². The molecular weight excluding hydrogens is 300 g/mol. The fourth-order valence-corrected chi connectivity index (χ4v) is 3.94. The van der Waals surface area contributed by atoms with Crippen LogP contribution in [0.2, 0.25) is 0 Å². The smallest absolute Gasteiger partial charge is 0.253 e. The van der Waals surface area contributed by atoms with Crippen molar-refractivity contribution in [2.24, 2.45) is 0 Å². The van der Waals surface area contributed by atoms with Gasteiger partial charge >= 0.3 is 0 Å². The molecule has 2 saturated heterocycles. The summed E-state index contributed by atoms with van der Waals surface area (Å²) in [5.74, 6) is 0.157. The largest absolute Gasteiger partial charge is 0.390 e. The van der Waals surface area contributed by atoms with Crippen molar-refractivity contribution < 1.29 is 9.90 Å². The number of fused-ring (bicyclic) bond motifs is 2. The van der Waals surface area contributed by atoms with Crippen LogP contribution in [0.5, 0.6) is 0 Å². The van der Waals surface area contributed by atoms with Gasteiger partial charge in [0.15, 0.2) is 0 Å². The normalized spacial score (nSPS) is 24.9. The van der Waals surface area contributed by atoms with Crippen LogP contribution in [0, 0.1) is 0 Å². The van der Waals surface area contributed by atoms with Gasteiger partial charge in [-0.3, -0.25) is 9.69 Å². The molecule has 0 radical (unpaired) electrons. The number of carbonyl (C=O) groups is 1. The maximum Gasteiger partial charge on any atom is 0.253 e. The van der Waals surface area contributed by atoms with Gasteiger partial charge in [-0.2, -0.15) is 0 Å². The Balaban J connectivity index is 1.63. The summed E-state index contributed by atoms with van der Waals surface area (Å²) in [6.07, 6.45) is 5.13. The fourth-order valence-electron chi connectivity index (χ4n) is 3.94. The summed E-state index contributed by atoms with van der Waals surface area (Å²) < 4.78 is 0. The van der Waals surface area contributed by atoms with E-state index in [2.05, 4.69) is 11.9 Å². The number of rotatable bonds is 4. The monoisotopic (exact) mass is 330 g/mol. The van der Waals surface area contributed by atoms with Crippen LogP contribution in [-0.4, -0.2) is 58.6 Å². The number of likely N-dealkylation sites (tertiary alicyclic amines) is 1. The third-order valence-electron chi connectivity index (χ3n) is 5.66. The van der Waals surface area contributed by atoms with Crippen LogP contribution in [0.4, 0.5) is 0 Å². The lowest BCUT2D eigenvalue weighted by molar-refractivity contribution is 0.0711. The third-order valence-corrected chi connectivity index (χ3v) is 5.66. The van der Waals surface area contributed by atoms with Gasteiger partial charge in [-0.25, -0.2) is 0 Å². The van der Waals surface area contributed by atoms with E-state index in [0.717, 1.165) is 37.9 Å². The van der Waals surface area contributed by atoms with Crippen LogP contribution in [0.3, 0.4) is 0 Å². The highest BCUT2D eigenvalue weighted by Crippen LogP contribution is 2.29. The number of benzene rings is 1. The molecule has 0 aliphatic carbocycles. The predicted octanol–water partition coefficient (Wildman–Crippen LogP) is 2.70. The lowest BCUT2D eigenvalue weighted by atomic mass is 9.98. The van der Waals surface area contributed by atoms with Gasteiger partial charge in [-0.15, -0.1) is 0 Å². The zero-order valence-electron chi connectivity index (χ0n) is 15.2. The highest BCUT2D eigenvalue weighted by atomic mass is 16.3.